The summed E-state index contributed by atoms with van der Waals surface area (Å²) in [6.07, 6.45) is 4.56. The fourth-order valence-corrected chi connectivity index (χ4v) is 4.52. The molecule has 0 aromatic heterocycles. The molecule has 0 heterocycles. The minimum atomic E-state index is -0.0135. The normalized spacial score (nSPS) is 10.8. The summed E-state index contributed by atoms with van der Waals surface area (Å²) in [4.78, 5) is 0. The molecule has 0 unspecified atom stereocenters. The Balaban J connectivity index is 0.000000497. The summed E-state index contributed by atoms with van der Waals surface area (Å²) in [6, 6.07) is 22.2. The second-order valence-corrected chi connectivity index (χ2v) is 8.91. The van der Waals surface area contributed by atoms with E-state index >= 15 is 0 Å². The van der Waals surface area contributed by atoms with E-state index in [9.17, 15) is 0 Å². The number of aryl methyl sites for hydroxylation is 2. The Labute approximate surface area is 215 Å². The standard InChI is InChI=1S/C23H22.2C4H9.Hf/c1-15-13-17-9-5-7-11-19(17)21(15)23(3,4)22-16(2)14-18-10-6-8-12-20(18)22;2*1-3-4-2;/h5-14H,1-4H3;2*1,3-4H2,2H3;/q-2;2*-1;+4. The van der Waals surface area contributed by atoms with Gasteiger partial charge < -0.3 is 13.8 Å². The summed E-state index contributed by atoms with van der Waals surface area (Å²) in [5.41, 5.74) is 5.70. The van der Waals surface area contributed by atoms with Crippen molar-refractivity contribution < 1.29 is 25.8 Å². The molecule has 0 saturated heterocycles. The topological polar surface area (TPSA) is 0 Å². The summed E-state index contributed by atoms with van der Waals surface area (Å²) in [6.45, 7) is 20.7. The third kappa shape index (κ3) is 6.31. The molecular formula is C31H40Hf. The molecule has 1 heteroatoms. The molecule has 4 rings (SSSR count). The van der Waals surface area contributed by atoms with Crippen LogP contribution in [0.4, 0.5) is 0 Å². The van der Waals surface area contributed by atoms with Gasteiger partial charge >= 0.3 is 25.8 Å². The maximum Gasteiger partial charge on any atom is 4.00 e. The molecule has 0 radical (unpaired) electrons. The van der Waals surface area contributed by atoms with Gasteiger partial charge in [0.1, 0.15) is 0 Å². The molecule has 4 aromatic carbocycles. The molecule has 0 bridgehead atoms. The van der Waals surface area contributed by atoms with Crippen molar-refractivity contribution in [2.45, 2.75) is 72.6 Å². The first kappa shape index (κ1) is 28.6. The molecule has 0 atom stereocenters. The summed E-state index contributed by atoms with van der Waals surface area (Å²) in [7, 11) is 0. The quantitative estimate of drug-likeness (QED) is 0.164. The minimum absolute atomic E-state index is 0. The van der Waals surface area contributed by atoms with Gasteiger partial charge in [0.05, 0.1) is 0 Å². The van der Waals surface area contributed by atoms with E-state index in [2.05, 4.69) is 116 Å². The van der Waals surface area contributed by atoms with E-state index in [-0.39, 0.29) is 31.3 Å². The van der Waals surface area contributed by atoms with Gasteiger partial charge in [0, 0.05) is 0 Å². The molecule has 32 heavy (non-hydrogen) atoms. The minimum Gasteiger partial charge on any atom is -0.343 e. The van der Waals surface area contributed by atoms with Gasteiger partial charge in [-0.3, -0.25) is 0 Å². The largest absolute Gasteiger partial charge is 4.00 e. The average Bonchev–Trinajstić information content (AvgIpc) is 3.29. The van der Waals surface area contributed by atoms with E-state index in [1.54, 1.807) is 0 Å². The van der Waals surface area contributed by atoms with Crippen molar-refractivity contribution in [3.8, 4) is 0 Å². The molecular weight excluding hydrogens is 551 g/mol. The molecule has 0 aliphatic carbocycles. The van der Waals surface area contributed by atoms with Crippen molar-refractivity contribution in [2.24, 2.45) is 0 Å². The Hall–Kier alpha value is -1.47. The monoisotopic (exact) mass is 592 g/mol. The predicted octanol–water partition coefficient (Wildman–Crippen LogP) is 9.61. The number of unbranched alkanes of at least 4 members (excludes halogenated alkanes) is 2. The molecule has 0 fully saturated rings. The third-order valence-electron chi connectivity index (χ3n) is 5.95. The first-order chi connectivity index (χ1) is 14.8. The van der Waals surface area contributed by atoms with Crippen molar-refractivity contribution in [3.63, 3.8) is 0 Å². The maximum absolute atomic E-state index is 3.60. The second-order valence-electron chi connectivity index (χ2n) is 8.91. The molecule has 168 valence electrons. The summed E-state index contributed by atoms with van der Waals surface area (Å²) in [5.74, 6) is 0. The van der Waals surface area contributed by atoms with Crippen molar-refractivity contribution in [2.75, 3.05) is 0 Å². The second kappa shape index (κ2) is 13.3. The van der Waals surface area contributed by atoms with E-state index in [0.29, 0.717) is 0 Å². The van der Waals surface area contributed by atoms with Crippen LogP contribution in [0.3, 0.4) is 0 Å². The third-order valence-corrected chi connectivity index (χ3v) is 5.95. The number of rotatable bonds is 4. The van der Waals surface area contributed by atoms with Crippen LogP contribution in [-0.2, 0) is 31.3 Å². The van der Waals surface area contributed by atoms with Gasteiger partial charge in [-0.1, -0.05) is 71.9 Å². The van der Waals surface area contributed by atoms with Crippen LogP contribution >= 0.6 is 0 Å². The Morgan fingerprint density at radius 3 is 1.31 bits per heavy atom. The molecule has 0 aliphatic rings. The van der Waals surface area contributed by atoms with Gasteiger partial charge in [-0.15, -0.1) is 92.3 Å². The Morgan fingerprint density at radius 2 is 1.00 bits per heavy atom. The van der Waals surface area contributed by atoms with Gasteiger partial charge in [0.15, 0.2) is 0 Å². The maximum atomic E-state index is 3.60. The molecule has 0 saturated carbocycles. The van der Waals surface area contributed by atoms with Crippen LogP contribution in [-0.4, -0.2) is 0 Å². The zero-order valence-corrected chi connectivity index (χ0v) is 24.6. The van der Waals surface area contributed by atoms with Gasteiger partial charge in [-0.2, -0.15) is 12.8 Å². The van der Waals surface area contributed by atoms with Crippen LogP contribution in [0.25, 0.3) is 21.5 Å². The summed E-state index contributed by atoms with van der Waals surface area (Å²) in [5, 5.41) is 5.47. The van der Waals surface area contributed by atoms with E-state index in [4.69, 9.17) is 0 Å². The number of hydrogen-bond donors (Lipinski definition) is 0. The zero-order valence-electron chi connectivity index (χ0n) is 21.0. The molecule has 0 spiro atoms. The molecule has 0 aliphatic heterocycles. The summed E-state index contributed by atoms with van der Waals surface area (Å²) < 4.78 is 0. The van der Waals surface area contributed by atoms with Crippen molar-refractivity contribution in [1.82, 2.24) is 0 Å². The Kier molecular flexibility index (Phi) is 11.9. The Morgan fingerprint density at radius 1 is 0.688 bits per heavy atom. The van der Waals surface area contributed by atoms with Gasteiger partial charge in [-0.25, -0.2) is 0 Å². The van der Waals surface area contributed by atoms with Crippen LogP contribution < -0.4 is 0 Å². The average molecular weight is 591 g/mol. The molecule has 0 nitrogen and oxygen atoms in total. The predicted molar refractivity (Wildman–Crippen MR) is 141 cm³/mol. The Bertz CT molecular complexity index is 984. The number of fused-ring (bicyclic) bond motifs is 2. The fraction of sp³-hybridized carbons (Fsp3) is 0.355. The van der Waals surface area contributed by atoms with Crippen LogP contribution in [0, 0.1) is 27.7 Å². The van der Waals surface area contributed by atoms with E-state index in [0.717, 1.165) is 12.8 Å². The van der Waals surface area contributed by atoms with Crippen molar-refractivity contribution >= 4 is 21.5 Å². The first-order valence-electron chi connectivity index (χ1n) is 11.7. The molecule has 0 amide bonds. The number of hydrogen-bond acceptors (Lipinski definition) is 0. The molecule has 0 N–H and O–H groups in total. The first-order valence-corrected chi connectivity index (χ1v) is 11.7. The fourth-order valence-electron chi connectivity index (χ4n) is 4.52. The van der Waals surface area contributed by atoms with E-state index in [1.165, 1.54) is 56.6 Å². The number of benzene rings is 2. The van der Waals surface area contributed by atoms with Gasteiger partial charge in [0.25, 0.3) is 0 Å². The van der Waals surface area contributed by atoms with Gasteiger partial charge in [-0.05, 0) is 0 Å². The van der Waals surface area contributed by atoms with Crippen LogP contribution in [0.15, 0.2) is 60.7 Å². The summed E-state index contributed by atoms with van der Waals surface area (Å²) >= 11 is 0. The zero-order chi connectivity index (χ0) is 23.0. The van der Waals surface area contributed by atoms with Crippen molar-refractivity contribution in [1.29, 1.82) is 0 Å². The molecule has 4 aromatic rings. The van der Waals surface area contributed by atoms with Crippen LogP contribution in [0.5, 0.6) is 0 Å². The van der Waals surface area contributed by atoms with Crippen LogP contribution in [0.2, 0.25) is 0 Å². The van der Waals surface area contributed by atoms with Gasteiger partial charge in [0.2, 0.25) is 0 Å². The van der Waals surface area contributed by atoms with Crippen molar-refractivity contribution in [3.05, 3.63) is 96.8 Å². The SMILES string of the molecule is Cc1[cH-]c2ccccc2c1C(C)(C)c1c(C)[cH-]c2ccccc12.[CH2-]CCC.[CH2-]CCC.[Hf+4]. The van der Waals surface area contributed by atoms with Crippen LogP contribution in [0.1, 0.15) is 75.6 Å². The van der Waals surface area contributed by atoms with E-state index < -0.39 is 0 Å². The smallest absolute Gasteiger partial charge is 0.343 e. The van der Waals surface area contributed by atoms with E-state index in [1.807, 2.05) is 0 Å².